The van der Waals surface area contributed by atoms with Gasteiger partial charge in [-0.3, -0.25) is 4.79 Å². The predicted octanol–water partition coefficient (Wildman–Crippen LogP) is 2.83. The first-order valence-electron chi connectivity index (χ1n) is 7.03. The van der Waals surface area contributed by atoms with Crippen LogP contribution in [-0.4, -0.2) is 29.1 Å². The molecular weight excluding hydrogens is 312 g/mol. The average molecular weight is 328 g/mol. The fourth-order valence-electron chi connectivity index (χ4n) is 1.94. The zero-order valence-corrected chi connectivity index (χ0v) is 12.9. The fraction of sp³-hybridized carbons (Fsp3) is 0.111. The Labute approximate surface area is 138 Å². The van der Waals surface area contributed by atoms with E-state index in [1.54, 1.807) is 25.3 Å². The van der Waals surface area contributed by atoms with Crippen molar-refractivity contribution in [3.8, 4) is 11.5 Å². The highest BCUT2D eigenvalue weighted by molar-refractivity contribution is 6.38. The van der Waals surface area contributed by atoms with Crippen LogP contribution in [0.3, 0.4) is 0 Å². The summed E-state index contributed by atoms with van der Waals surface area (Å²) >= 11 is 0. The number of methoxy groups -OCH3 is 1. The Kier molecular flexibility index (Phi) is 5.57. The molecule has 0 heterocycles. The van der Waals surface area contributed by atoms with E-state index in [0.29, 0.717) is 18.4 Å². The van der Waals surface area contributed by atoms with E-state index in [0.717, 1.165) is 11.3 Å². The van der Waals surface area contributed by atoms with Crippen molar-refractivity contribution in [2.45, 2.75) is 6.61 Å². The molecule has 0 amide bonds. The van der Waals surface area contributed by atoms with Crippen LogP contribution in [0.4, 0.5) is 0 Å². The number of aliphatic carboxylic acids is 1. The van der Waals surface area contributed by atoms with Gasteiger partial charge in [0.2, 0.25) is 0 Å². The third-order valence-electron chi connectivity index (χ3n) is 3.15. The molecule has 0 aliphatic rings. The van der Waals surface area contributed by atoms with E-state index in [4.69, 9.17) is 14.6 Å². The second-order valence-corrected chi connectivity index (χ2v) is 4.87. The van der Waals surface area contributed by atoms with Crippen molar-refractivity contribution in [3.63, 3.8) is 0 Å². The average Bonchev–Trinajstić information content (AvgIpc) is 2.60. The third kappa shape index (κ3) is 4.61. The van der Waals surface area contributed by atoms with Gasteiger partial charge in [-0.1, -0.05) is 24.3 Å². The smallest absolute Gasteiger partial charge is 0.376 e. The lowest BCUT2D eigenvalue weighted by Crippen LogP contribution is -2.09. The van der Waals surface area contributed by atoms with Crippen molar-refractivity contribution in [2.75, 3.05) is 7.11 Å². The Bertz CT molecular complexity index is 779. The number of carboxylic acid groups (broad SMARTS) is 1. The quantitative estimate of drug-likeness (QED) is 0.461. The van der Waals surface area contributed by atoms with Crippen LogP contribution in [-0.2, 0) is 16.2 Å². The molecule has 2 aromatic carbocycles. The molecule has 24 heavy (non-hydrogen) atoms. The Balaban J connectivity index is 2.10. The molecule has 0 unspecified atom stereocenters. The summed E-state index contributed by atoms with van der Waals surface area (Å²) in [5, 5.41) is 18.4. The molecule has 6 heteroatoms. The lowest BCUT2D eigenvalue weighted by Gasteiger charge is -2.09. The standard InChI is InChI=1S/C18H16O6/c1-23-14-6-2-4-12(8-14)11-24-15-7-3-5-13(9-15)16(19)10-17(20)18(21)22/h2-10,19H,11H2,1H3,(H,21,22). The monoisotopic (exact) mass is 328 g/mol. The molecule has 124 valence electrons. The Morgan fingerprint density at radius 2 is 1.75 bits per heavy atom. The molecule has 2 aromatic rings. The number of carbonyl (C=O) groups excluding carboxylic acids is 1. The first kappa shape index (κ1) is 17.1. The summed E-state index contributed by atoms with van der Waals surface area (Å²) < 4.78 is 10.8. The third-order valence-corrected chi connectivity index (χ3v) is 3.15. The highest BCUT2D eigenvalue weighted by Crippen LogP contribution is 2.20. The number of carbonyl (C=O) groups is 2. The van der Waals surface area contributed by atoms with E-state index in [1.165, 1.54) is 6.07 Å². The van der Waals surface area contributed by atoms with Gasteiger partial charge in [0.1, 0.15) is 23.9 Å². The molecule has 0 fully saturated rings. The summed E-state index contributed by atoms with van der Waals surface area (Å²) in [7, 11) is 1.58. The maximum atomic E-state index is 11.1. The Hall–Kier alpha value is -3.28. The van der Waals surface area contributed by atoms with E-state index in [-0.39, 0.29) is 5.56 Å². The number of carboxylic acids is 1. The largest absolute Gasteiger partial charge is 0.507 e. The van der Waals surface area contributed by atoms with Crippen LogP contribution < -0.4 is 9.47 Å². The highest BCUT2D eigenvalue weighted by Gasteiger charge is 2.11. The summed E-state index contributed by atoms with van der Waals surface area (Å²) in [6.45, 7) is 0.291. The van der Waals surface area contributed by atoms with Gasteiger partial charge in [0.15, 0.2) is 0 Å². The number of aliphatic hydroxyl groups is 1. The van der Waals surface area contributed by atoms with Gasteiger partial charge in [-0.15, -0.1) is 0 Å². The maximum absolute atomic E-state index is 11.1. The molecule has 0 saturated heterocycles. The molecule has 6 nitrogen and oxygen atoms in total. The molecule has 0 saturated carbocycles. The molecule has 0 aliphatic carbocycles. The van der Waals surface area contributed by atoms with E-state index < -0.39 is 17.5 Å². The highest BCUT2D eigenvalue weighted by atomic mass is 16.5. The number of ether oxygens (including phenoxy) is 2. The summed E-state index contributed by atoms with van der Waals surface area (Å²) in [5.74, 6) is -2.08. The molecule has 0 atom stereocenters. The number of benzene rings is 2. The van der Waals surface area contributed by atoms with Gasteiger partial charge in [0.25, 0.3) is 5.78 Å². The lowest BCUT2D eigenvalue weighted by molar-refractivity contribution is -0.146. The predicted molar refractivity (Wildman–Crippen MR) is 87.0 cm³/mol. The zero-order chi connectivity index (χ0) is 17.5. The Morgan fingerprint density at radius 3 is 2.46 bits per heavy atom. The van der Waals surface area contributed by atoms with Crippen LogP contribution in [0.5, 0.6) is 11.5 Å². The van der Waals surface area contributed by atoms with Gasteiger partial charge in [-0.2, -0.15) is 0 Å². The van der Waals surface area contributed by atoms with Crippen molar-refractivity contribution in [1.82, 2.24) is 0 Å². The molecule has 2 N–H and O–H groups in total. The second-order valence-electron chi connectivity index (χ2n) is 4.87. The van der Waals surface area contributed by atoms with Crippen molar-refractivity contribution in [1.29, 1.82) is 0 Å². The number of rotatable bonds is 7. The van der Waals surface area contributed by atoms with Gasteiger partial charge in [-0.25, -0.2) is 4.79 Å². The van der Waals surface area contributed by atoms with Gasteiger partial charge in [0, 0.05) is 11.6 Å². The SMILES string of the molecule is COc1cccc(COc2cccc(C(O)=CC(=O)C(=O)O)c2)c1. The van der Waals surface area contributed by atoms with Crippen molar-refractivity contribution in [2.24, 2.45) is 0 Å². The topological polar surface area (TPSA) is 93.1 Å². The van der Waals surface area contributed by atoms with Crippen molar-refractivity contribution >= 4 is 17.5 Å². The van der Waals surface area contributed by atoms with Crippen LogP contribution in [0, 0.1) is 0 Å². The van der Waals surface area contributed by atoms with Gasteiger partial charge < -0.3 is 19.7 Å². The van der Waals surface area contributed by atoms with E-state index in [9.17, 15) is 14.7 Å². The minimum Gasteiger partial charge on any atom is -0.507 e. The van der Waals surface area contributed by atoms with Crippen LogP contribution in [0.1, 0.15) is 11.1 Å². The molecule has 0 bridgehead atoms. The number of aliphatic hydroxyl groups excluding tert-OH is 1. The zero-order valence-electron chi connectivity index (χ0n) is 12.9. The van der Waals surface area contributed by atoms with E-state index in [2.05, 4.69) is 0 Å². The normalized spacial score (nSPS) is 11.0. The van der Waals surface area contributed by atoms with Gasteiger partial charge in [-0.05, 0) is 29.8 Å². The number of ketones is 1. The molecule has 0 aliphatic heterocycles. The number of hydrogen-bond acceptors (Lipinski definition) is 5. The van der Waals surface area contributed by atoms with Gasteiger partial charge in [0.05, 0.1) is 7.11 Å². The first-order valence-corrected chi connectivity index (χ1v) is 7.03. The minimum absolute atomic E-state index is 0.285. The molecule has 0 spiro atoms. The van der Waals surface area contributed by atoms with Crippen molar-refractivity contribution < 1.29 is 29.3 Å². The van der Waals surface area contributed by atoms with Crippen LogP contribution >= 0.6 is 0 Å². The molecule has 2 rings (SSSR count). The lowest BCUT2D eigenvalue weighted by atomic mass is 10.1. The summed E-state index contributed by atoms with van der Waals surface area (Å²) in [5.41, 5.74) is 1.19. The van der Waals surface area contributed by atoms with Crippen LogP contribution in [0.25, 0.3) is 5.76 Å². The van der Waals surface area contributed by atoms with E-state index in [1.807, 2.05) is 24.3 Å². The maximum Gasteiger partial charge on any atom is 0.376 e. The van der Waals surface area contributed by atoms with E-state index >= 15 is 0 Å². The van der Waals surface area contributed by atoms with Gasteiger partial charge >= 0.3 is 5.97 Å². The molecule has 0 radical (unpaired) electrons. The molecule has 0 aromatic heterocycles. The van der Waals surface area contributed by atoms with Crippen LogP contribution in [0.2, 0.25) is 0 Å². The summed E-state index contributed by atoms with van der Waals surface area (Å²) in [6.07, 6.45) is 0.656. The number of hydrogen-bond donors (Lipinski definition) is 2. The van der Waals surface area contributed by atoms with Crippen LogP contribution in [0.15, 0.2) is 54.6 Å². The minimum atomic E-state index is -1.63. The first-order chi connectivity index (χ1) is 11.5. The second kappa shape index (κ2) is 7.82. The fourth-order valence-corrected chi connectivity index (χ4v) is 1.94. The Morgan fingerprint density at radius 1 is 1.04 bits per heavy atom. The summed E-state index contributed by atoms with van der Waals surface area (Å²) in [4.78, 5) is 21.6. The van der Waals surface area contributed by atoms with Crippen molar-refractivity contribution in [3.05, 3.63) is 65.7 Å². The molecular formula is C18H16O6. The summed E-state index contributed by atoms with van der Waals surface area (Å²) in [6, 6.07) is 13.8.